The standard InChI is InChI=1S/C17H25N3O2.ClH/c1-13(21)14-5-3-6-15(11-14)19-17(22)12-20(2)16-7-4-9-18-10-8-16;/h3,5-6,11,16,18H,4,7-10,12H2,1-2H3,(H,19,22);1H. The van der Waals surface area contributed by atoms with Gasteiger partial charge in [0.2, 0.25) is 5.91 Å². The fraction of sp³-hybridized carbons (Fsp3) is 0.529. The third kappa shape index (κ3) is 6.29. The van der Waals surface area contributed by atoms with E-state index in [4.69, 9.17) is 0 Å². The van der Waals surface area contributed by atoms with E-state index in [-0.39, 0.29) is 24.1 Å². The molecule has 0 bridgehead atoms. The predicted molar refractivity (Wildman–Crippen MR) is 95.5 cm³/mol. The first-order valence-electron chi connectivity index (χ1n) is 7.88. The molecule has 128 valence electrons. The lowest BCUT2D eigenvalue weighted by atomic mass is 10.1. The first kappa shape index (κ1) is 19.6. The van der Waals surface area contributed by atoms with Gasteiger partial charge in [0.25, 0.3) is 0 Å². The summed E-state index contributed by atoms with van der Waals surface area (Å²) < 4.78 is 0. The molecule has 0 saturated carbocycles. The summed E-state index contributed by atoms with van der Waals surface area (Å²) in [5.41, 5.74) is 1.29. The van der Waals surface area contributed by atoms with Crippen molar-refractivity contribution in [2.45, 2.75) is 32.2 Å². The number of hydrogen-bond acceptors (Lipinski definition) is 4. The Morgan fingerprint density at radius 2 is 2.09 bits per heavy atom. The molecule has 0 aromatic heterocycles. The second-order valence-corrected chi connectivity index (χ2v) is 5.94. The second kappa shape index (κ2) is 9.65. The molecular weight excluding hydrogens is 314 g/mol. The molecule has 2 N–H and O–H groups in total. The minimum atomic E-state index is -0.0413. The molecule has 1 aliphatic rings. The molecule has 1 aliphatic heterocycles. The van der Waals surface area contributed by atoms with E-state index >= 15 is 0 Å². The lowest BCUT2D eigenvalue weighted by Crippen LogP contribution is -2.38. The third-order valence-corrected chi connectivity index (χ3v) is 4.11. The first-order valence-corrected chi connectivity index (χ1v) is 7.88. The summed E-state index contributed by atoms with van der Waals surface area (Å²) in [6.45, 7) is 3.97. The number of anilines is 1. The van der Waals surface area contributed by atoms with Gasteiger partial charge >= 0.3 is 0 Å². The van der Waals surface area contributed by atoms with Crippen LogP contribution >= 0.6 is 12.4 Å². The van der Waals surface area contributed by atoms with Gasteiger partial charge in [0.1, 0.15) is 0 Å². The molecule has 1 aromatic carbocycles. The predicted octanol–water partition coefficient (Wildman–Crippen LogP) is 2.32. The molecule has 1 amide bonds. The van der Waals surface area contributed by atoms with E-state index in [1.807, 2.05) is 7.05 Å². The minimum Gasteiger partial charge on any atom is -0.325 e. The maximum atomic E-state index is 12.2. The zero-order valence-electron chi connectivity index (χ0n) is 13.8. The Morgan fingerprint density at radius 3 is 2.83 bits per heavy atom. The number of Topliss-reactive ketones (excluding diaryl/α,β-unsaturated/α-hetero) is 1. The van der Waals surface area contributed by atoms with Crippen LogP contribution in [0, 0.1) is 0 Å². The zero-order chi connectivity index (χ0) is 15.9. The lowest BCUT2D eigenvalue weighted by molar-refractivity contribution is -0.117. The highest BCUT2D eigenvalue weighted by atomic mass is 35.5. The average Bonchev–Trinajstić information content (AvgIpc) is 2.76. The smallest absolute Gasteiger partial charge is 0.238 e. The summed E-state index contributed by atoms with van der Waals surface area (Å²) in [5.74, 6) is -0.0421. The molecule has 1 unspecified atom stereocenters. The molecule has 2 rings (SSSR count). The topological polar surface area (TPSA) is 61.4 Å². The van der Waals surface area contributed by atoms with Crippen molar-refractivity contribution in [3.05, 3.63) is 29.8 Å². The summed E-state index contributed by atoms with van der Waals surface area (Å²) in [4.78, 5) is 25.7. The second-order valence-electron chi connectivity index (χ2n) is 5.94. The van der Waals surface area contributed by atoms with Crippen molar-refractivity contribution in [1.82, 2.24) is 10.2 Å². The van der Waals surface area contributed by atoms with Gasteiger partial charge in [0.15, 0.2) is 5.78 Å². The van der Waals surface area contributed by atoms with Crippen molar-refractivity contribution >= 4 is 29.8 Å². The number of benzene rings is 1. The summed E-state index contributed by atoms with van der Waals surface area (Å²) >= 11 is 0. The van der Waals surface area contributed by atoms with Gasteiger partial charge in [-0.3, -0.25) is 14.5 Å². The SMILES string of the molecule is CC(=O)c1cccc(NC(=O)CN(C)C2CCCNCC2)c1.Cl. The molecule has 23 heavy (non-hydrogen) atoms. The Balaban J connectivity index is 0.00000264. The van der Waals surface area contributed by atoms with E-state index in [2.05, 4.69) is 15.5 Å². The van der Waals surface area contributed by atoms with Crippen molar-refractivity contribution in [1.29, 1.82) is 0 Å². The first-order chi connectivity index (χ1) is 10.6. The number of amides is 1. The zero-order valence-corrected chi connectivity index (χ0v) is 14.6. The van der Waals surface area contributed by atoms with Gasteiger partial charge in [-0.25, -0.2) is 0 Å². The van der Waals surface area contributed by atoms with Crippen molar-refractivity contribution in [2.75, 3.05) is 32.0 Å². The minimum absolute atomic E-state index is 0. The van der Waals surface area contributed by atoms with Gasteiger partial charge in [-0.05, 0) is 58.5 Å². The number of likely N-dealkylation sites (N-methyl/N-ethyl adjacent to an activating group) is 1. The van der Waals surface area contributed by atoms with Crippen molar-refractivity contribution < 1.29 is 9.59 Å². The molecule has 1 aromatic rings. The van der Waals surface area contributed by atoms with Crippen molar-refractivity contribution in [3.63, 3.8) is 0 Å². The van der Waals surface area contributed by atoms with E-state index in [0.29, 0.717) is 23.8 Å². The molecular formula is C17H26ClN3O2. The number of ketones is 1. The number of halogens is 1. The van der Waals surface area contributed by atoms with Gasteiger partial charge < -0.3 is 10.6 Å². The van der Waals surface area contributed by atoms with E-state index in [1.54, 1.807) is 24.3 Å². The lowest BCUT2D eigenvalue weighted by Gasteiger charge is -2.26. The Morgan fingerprint density at radius 1 is 1.30 bits per heavy atom. The molecule has 0 aliphatic carbocycles. The number of nitrogens with one attached hydrogen (secondary N) is 2. The molecule has 0 radical (unpaired) electrons. The van der Waals surface area contributed by atoms with Crippen LogP contribution in [-0.4, -0.2) is 49.3 Å². The van der Waals surface area contributed by atoms with E-state index in [1.165, 1.54) is 6.92 Å². The summed E-state index contributed by atoms with van der Waals surface area (Å²) in [5, 5.41) is 6.26. The molecule has 1 fully saturated rings. The van der Waals surface area contributed by atoms with E-state index < -0.39 is 0 Å². The largest absolute Gasteiger partial charge is 0.325 e. The Labute approximate surface area is 144 Å². The highest BCUT2D eigenvalue weighted by Gasteiger charge is 2.18. The number of carbonyl (C=O) groups excluding carboxylic acids is 2. The average molecular weight is 340 g/mol. The Kier molecular flexibility index (Phi) is 8.23. The van der Waals surface area contributed by atoms with Crippen LogP contribution in [0.2, 0.25) is 0 Å². The molecule has 1 heterocycles. The van der Waals surface area contributed by atoms with Crippen LogP contribution in [0.3, 0.4) is 0 Å². The van der Waals surface area contributed by atoms with Crippen molar-refractivity contribution in [2.24, 2.45) is 0 Å². The number of hydrogen-bond donors (Lipinski definition) is 2. The van der Waals surface area contributed by atoms with E-state index in [9.17, 15) is 9.59 Å². The van der Waals surface area contributed by atoms with Crippen LogP contribution in [0.1, 0.15) is 36.5 Å². The van der Waals surface area contributed by atoms with Gasteiger partial charge in [-0.2, -0.15) is 0 Å². The molecule has 5 nitrogen and oxygen atoms in total. The van der Waals surface area contributed by atoms with E-state index in [0.717, 1.165) is 32.4 Å². The summed E-state index contributed by atoms with van der Waals surface area (Å²) in [6.07, 6.45) is 3.34. The maximum absolute atomic E-state index is 12.2. The van der Waals surface area contributed by atoms with Crippen LogP contribution in [0.5, 0.6) is 0 Å². The number of carbonyl (C=O) groups is 2. The van der Waals surface area contributed by atoms with Crippen LogP contribution in [0.4, 0.5) is 5.69 Å². The molecule has 1 atom stereocenters. The van der Waals surface area contributed by atoms with Gasteiger partial charge in [-0.15, -0.1) is 12.4 Å². The van der Waals surface area contributed by atoms with Crippen LogP contribution in [0.15, 0.2) is 24.3 Å². The highest BCUT2D eigenvalue weighted by Crippen LogP contribution is 2.13. The molecule has 1 saturated heterocycles. The Hall–Kier alpha value is -1.43. The highest BCUT2D eigenvalue weighted by molar-refractivity contribution is 5.97. The summed E-state index contributed by atoms with van der Waals surface area (Å²) in [6, 6.07) is 7.51. The normalized spacial score (nSPS) is 18.0. The van der Waals surface area contributed by atoms with Gasteiger partial charge in [0, 0.05) is 17.3 Å². The number of rotatable bonds is 5. The monoisotopic (exact) mass is 339 g/mol. The van der Waals surface area contributed by atoms with Gasteiger partial charge in [0.05, 0.1) is 6.54 Å². The molecule has 6 heteroatoms. The van der Waals surface area contributed by atoms with Crippen LogP contribution in [0.25, 0.3) is 0 Å². The van der Waals surface area contributed by atoms with Crippen molar-refractivity contribution in [3.8, 4) is 0 Å². The maximum Gasteiger partial charge on any atom is 0.238 e. The molecule has 0 spiro atoms. The number of nitrogens with zero attached hydrogens (tertiary/aromatic N) is 1. The fourth-order valence-electron chi connectivity index (χ4n) is 2.81. The van der Waals surface area contributed by atoms with Crippen LogP contribution < -0.4 is 10.6 Å². The summed E-state index contributed by atoms with van der Waals surface area (Å²) in [7, 11) is 2.00. The van der Waals surface area contributed by atoms with Gasteiger partial charge in [-0.1, -0.05) is 12.1 Å². The quantitative estimate of drug-likeness (QED) is 0.808. The fourth-order valence-corrected chi connectivity index (χ4v) is 2.81. The third-order valence-electron chi connectivity index (χ3n) is 4.11. The van der Waals surface area contributed by atoms with Crippen LogP contribution in [-0.2, 0) is 4.79 Å². The Bertz CT molecular complexity index is 528.